The summed E-state index contributed by atoms with van der Waals surface area (Å²) in [5.41, 5.74) is 5.47. The zero-order valence-electron chi connectivity index (χ0n) is 10.3. The number of aromatic nitrogens is 3. The molecule has 2 aromatic rings. The van der Waals surface area contributed by atoms with Crippen LogP contribution in [0.1, 0.15) is 37.4 Å². The van der Waals surface area contributed by atoms with Crippen molar-refractivity contribution in [2.24, 2.45) is 0 Å². The van der Waals surface area contributed by atoms with Crippen LogP contribution in [0, 0.1) is 11.6 Å². The molecule has 100 valence electrons. The van der Waals surface area contributed by atoms with Gasteiger partial charge in [-0.1, -0.05) is 12.8 Å². The molecule has 4 nitrogen and oxygen atoms in total. The van der Waals surface area contributed by atoms with Crippen molar-refractivity contribution < 1.29 is 8.78 Å². The van der Waals surface area contributed by atoms with Gasteiger partial charge in [-0.2, -0.15) is 5.10 Å². The first-order valence-electron chi connectivity index (χ1n) is 6.32. The van der Waals surface area contributed by atoms with Crippen LogP contribution in [0.3, 0.4) is 0 Å². The molecule has 0 radical (unpaired) electrons. The van der Waals surface area contributed by atoms with Crippen molar-refractivity contribution in [2.75, 3.05) is 5.73 Å². The van der Waals surface area contributed by atoms with Crippen molar-refractivity contribution in [3.8, 4) is 11.4 Å². The lowest BCUT2D eigenvalue weighted by molar-refractivity contribution is 0.588. The fourth-order valence-corrected chi connectivity index (χ4v) is 2.51. The number of halogens is 2. The molecular formula is C13H14F2N4. The van der Waals surface area contributed by atoms with E-state index >= 15 is 0 Å². The third-order valence-corrected chi connectivity index (χ3v) is 3.57. The molecule has 1 heterocycles. The molecule has 3 N–H and O–H groups in total. The summed E-state index contributed by atoms with van der Waals surface area (Å²) in [5, 5.41) is 6.85. The van der Waals surface area contributed by atoms with Gasteiger partial charge in [0.25, 0.3) is 0 Å². The molecule has 0 saturated heterocycles. The molecule has 6 heteroatoms. The Balaban J connectivity index is 1.96. The van der Waals surface area contributed by atoms with E-state index in [0.717, 1.165) is 24.7 Å². The molecule has 1 aromatic carbocycles. The highest BCUT2D eigenvalue weighted by Gasteiger charge is 2.22. The summed E-state index contributed by atoms with van der Waals surface area (Å²) in [4.78, 5) is 4.31. The zero-order valence-corrected chi connectivity index (χ0v) is 10.3. The van der Waals surface area contributed by atoms with Crippen LogP contribution in [0.2, 0.25) is 0 Å². The molecule has 1 saturated carbocycles. The Hall–Kier alpha value is -1.98. The first-order valence-corrected chi connectivity index (χ1v) is 6.32. The highest BCUT2D eigenvalue weighted by molar-refractivity contribution is 5.62. The van der Waals surface area contributed by atoms with Crippen LogP contribution in [-0.4, -0.2) is 15.2 Å². The summed E-state index contributed by atoms with van der Waals surface area (Å²) in [5.74, 6) is -0.112. The van der Waals surface area contributed by atoms with Gasteiger partial charge in [-0.05, 0) is 18.9 Å². The smallest absolute Gasteiger partial charge is 0.184 e. The minimum Gasteiger partial charge on any atom is -0.396 e. The van der Waals surface area contributed by atoms with Crippen molar-refractivity contribution >= 4 is 5.69 Å². The summed E-state index contributed by atoms with van der Waals surface area (Å²) in [6.45, 7) is 0. The van der Waals surface area contributed by atoms with E-state index in [0.29, 0.717) is 5.92 Å². The molecule has 1 aliphatic carbocycles. The van der Waals surface area contributed by atoms with Crippen LogP contribution in [0.25, 0.3) is 11.4 Å². The lowest BCUT2D eigenvalue weighted by atomic mass is 10.1. The Morgan fingerprint density at radius 1 is 1.16 bits per heavy atom. The van der Waals surface area contributed by atoms with Gasteiger partial charge in [0.05, 0.1) is 11.3 Å². The van der Waals surface area contributed by atoms with Gasteiger partial charge in [0, 0.05) is 12.0 Å². The second-order valence-electron chi connectivity index (χ2n) is 4.88. The van der Waals surface area contributed by atoms with E-state index in [1.54, 1.807) is 0 Å². The van der Waals surface area contributed by atoms with Crippen LogP contribution in [0.5, 0.6) is 0 Å². The molecule has 1 aliphatic rings. The largest absolute Gasteiger partial charge is 0.396 e. The van der Waals surface area contributed by atoms with Crippen LogP contribution in [0.4, 0.5) is 14.5 Å². The average Bonchev–Trinajstić information content (AvgIpc) is 3.03. The first-order chi connectivity index (χ1) is 9.15. The monoisotopic (exact) mass is 264 g/mol. The maximum atomic E-state index is 13.7. The number of hydrogen-bond acceptors (Lipinski definition) is 3. The van der Waals surface area contributed by atoms with Crippen LogP contribution in [0.15, 0.2) is 12.1 Å². The minimum atomic E-state index is -0.771. The second-order valence-corrected chi connectivity index (χ2v) is 4.88. The predicted molar refractivity (Wildman–Crippen MR) is 67.4 cm³/mol. The number of aromatic amines is 1. The first kappa shape index (κ1) is 12.1. The quantitative estimate of drug-likeness (QED) is 0.819. The highest BCUT2D eigenvalue weighted by Crippen LogP contribution is 2.33. The molecule has 0 bridgehead atoms. The molecular weight excluding hydrogens is 250 g/mol. The summed E-state index contributed by atoms with van der Waals surface area (Å²) in [6, 6.07) is 1.99. The molecule has 0 atom stereocenters. The standard InChI is InChI=1S/C13H14F2N4/c14-9-6-10(15)11(16)5-8(9)13-17-12(18-19-13)7-3-1-2-4-7/h5-7H,1-4,16H2,(H,17,18,19). The van der Waals surface area contributed by atoms with E-state index < -0.39 is 11.6 Å². The van der Waals surface area contributed by atoms with Gasteiger partial charge < -0.3 is 5.73 Å². The van der Waals surface area contributed by atoms with Crippen LogP contribution in [-0.2, 0) is 0 Å². The minimum absolute atomic E-state index is 0.108. The van der Waals surface area contributed by atoms with E-state index in [1.165, 1.54) is 18.9 Å². The lowest BCUT2D eigenvalue weighted by Crippen LogP contribution is -1.96. The summed E-state index contributed by atoms with van der Waals surface area (Å²) in [6.07, 6.45) is 4.50. The Morgan fingerprint density at radius 3 is 2.63 bits per heavy atom. The highest BCUT2D eigenvalue weighted by atomic mass is 19.1. The van der Waals surface area contributed by atoms with E-state index in [-0.39, 0.29) is 17.1 Å². The molecule has 0 amide bonds. The van der Waals surface area contributed by atoms with Gasteiger partial charge in [-0.3, -0.25) is 5.10 Å². The molecule has 3 rings (SSSR count). The number of nitrogen functional groups attached to an aromatic ring is 1. The van der Waals surface area contributed by atoms with E-state index in [9.17, 15) is 8.78 Å². The number of nitrogens with one attached hydrogen (secondary N) is 1. The fourth-order valence-electron chi connectivity index (χ4n) is 2.51. The normalized spacial score (nSPS) is 16.1. The number of nitrogens with zero attached hydrogens (tertiary/aromatic N) is 2. The summed E-state index contributed by atoms with van der Waals surface area (Å²) >= 11 is 0. The third-order valence-electron chi connectivity index (χ3n) is 3.57. The van der Waals surface area contributed by atoms with Gasteiger partial charge in [0.15, 0.2) is 5.82 Å². The van der Waals surface area contributed by atoms with E-state index in [2.05, 4.69) is 15.2 Å². The van der Waals surface area contributed by atoms with Gasteiger partial charge in [-0.25, -0.2) is 13.8 Å². The Labute approximate surface area is 109 Å². The number of H-pyrrole nitrogens is 1. The van der Waals surface area contributed by atoms with Crippen molar-refractivity contribution in [3.63, 3.8) is 0 Å². The van der Waals surface area contributed by atoms with Crippen molar-refractivity contribution in [1.29, 1.82) is 0 Å². The molecule has 0 aliphatic heterocycles. The van der Waals surface area contributed by atoms with Crippen LogP contribution >= 0.6 is 0 Å². The van der Waals surface area contributed by atoms with Gasteiger partial charge >= 0.3 is 0 Å². The Morgan fingerprint density at radius 2 is 1.89 bits per heavy atom. The SMILES string of the molecule is Nc1cc(-c2n[nH]c(C3CCCC3)n2)c(F)cc1F. The maximum Gasteiger partial charge on any atom is 0.184 e. The molecule has 0 spiro atoms. The second kappa shape index (κ2) is 4.60. The van der Waals surface area contributed by atoms with Crippen molar-refractivity contribution in [2.45, 2.75) is 31.6 Å². The summed E-state index contributed by atoms with van der Waals surface area (Å²) < 4.78 is 26.8. The predicted octanol–water partition coefficient (Wildman–Crippen LogP) is 2.99. The van der Waals surface area contributed by atoms with Gasteiger partial charge in [-0.15, -0.1) is 0 Å². The van der Waals surface area contributed by atoms with Gasteiger partial charge in [0.2, 0.25) is 0 Å². The Kier molecular flexibility index (Phi) is 2.93. The lowest BCUT2D eigenvalue weighted by Gasteiger charge is -2.03. The van der Waals surface area contributed by atoms with Crippen LogP contribution < -0.4 is 5.73 Å². The molecule has 0 unspecified atom stereocenters. The average molecular weight is 264 g/mol. The van der Waals surface area contributed by atoms with E-state index in [1.807, 2.05) is 0 Å². The number of benzene rings is 1. The number of anilines is 1. The topological polar surface area (TPSA) is 67.6 Å². The molecule has 1 fully saturated rings. The third kappa shape index (κ3) is 2.18. The molecule has 19 heavy (non-hydrogen) atoms. The van der Waals surface area contributed by atoms with Gasteiger partial charge in [0.1, 0.15) is 17.5 Å². The molecule has 1 aromatic heterocycles. The number of rotatable bonds is 2. The summed E-state index contributed by atoms with van der Waals surface area (Å²) in [7, 11) is 0. The fraction of sp³-hybridized carbons (Fsp3) is 0.385. The number of hydrogen-bond donors (Lipinski definition) is 2. The zero-order chi connectivity index (χ0) is 13.4. The van der Waals surface area contributed by atoms with Crippen molar-refractivity contribution in [1.82, 2.24) is 15.2 Å². The number of nitrogens with two attached hydrogens (primary N) is 1. The van der Waals surface area contributed by atoms with Crippen molar-refractivity contribution in [3.05, 3.63) is 29.6 Å². The Bertz CT molecular complexity index is 603. The van der Waals surface area contributed by atoms with E-state index in [4.69, 9.17) is 5.73 Å². The maximum absolute atomic E-state index is 13.7.